The number of benzene rings is 1. The van der Waals surface area contributed by atoms with E-state index in [1.54, 1.807) is 49.3 Å². The van der Waals surface area contributed by atoms with E-state index < -0.39 is 17.5 Å². The largest absolute Gasteiger partial charge is 0.507 e. The number of ketones is 1. The number of rotatable bonds is 5. The van der Waals surface area contributed by atoms with Crippen LogP contribution in [0.3, 0.4) is 0 Å². The third-order valence-corrected chi connectivity index (χ3v) is 2.66. The maximum absolute atomic E-state index is 12.0. The van der Waals surface area contributed by atoms with Gasteiger partial charge >= 0.3 is 0 Å². The van der Waals surface area contributed by atoms with E-state index in [1.165, 1.54) is 19.2 Å². The van der Waals surface area contributed by atoms with Crippen molar-refractivity contribution in [2.45, 2.75) is 6.92 Å². The lowest BCUT2D eigenvalue weighted by atomic mass is 10.1. The first kappa shape index (κ1) is 17.2. The van der Waals surface area contributed by atoms with Gasteiger partial charge in [-0.3, -0.25) is 15.0 Å². The van der Waals surface area contributed by atoms with E-state index in [1.807, 2.05) is 0 Å². The number of aliphatic hydroxyl groups is 1. The van der Waals surface area contributed by atoms with E-state index in [-0.39, 0.29) is 11.3 Å². The van der Waals surface area contributed by atoms with E-state index in [9.17, 15) is 14.7 Å². The van der Waals surface area contributed by atoms with Crippen LogP contribution in [0.4, 0.5) is 0 Å². The van der Waals surface area contributed by atoms with Gasteiger partial charge in [-0.15, -0.1) is 0 Å². The van der Waals surface area contributed by atoms with E-state index >= 15 is 0 Å². The second kappa shape index (κ2) is 7.78. The van der Waals surface area contributed by atoms with Crippen LogP contribution in [0, 0.1) is 5.41 Å². The Morgan fingerprint density at radius 1 is 1.23 bits per heavy atom. The number of amidine groups is 1. The Labute approximate surface area is 129 Å². The minimum absolute atomic E-state index is 0.248. The van der Waals surface area contributed by atoms with Crippen molar-refractivity contribution in [2.24, 2.45) is 0 Å². The molecule has 3 N–H and O–H groups in total. The summed E-state index contributed by atoms with van der Waals surface area (Å²) in [5.41, 5.74) is 0.112. The summed E-state index contributed by atoms with van der Waals surface area (Å²) in [5.74, 6) is -1.85. The zero-order valence-corrected chi connectivity index (χ0v) is 12.8. The van der Waals surface area contributed by atoms with Gasteiger partial charge in [0.05, 0.1) is 0 Å². The molecule has 6 heteroatoms. The molecule has 1 aromatic carbocycles. The molecule has 0 aliphatic heterocycles. The Balaban J connectivity index is 2.98. The van der Waals surface area contributed by atoms with E-state index in [4.69, 9.17) is 5.41 Å². The van der Waals surface area contributed by atoms with Gasteiger partial charge in [0, 0.05) is 25.9 Å². The van der Waals surface area contributed by atoms with Crippen LogP contribution in [-0.2, 0) is 4.79 Å². The lowest BCUT2D eigenvalue weighted by Gasteiger charge is -2.10. The van der Waals surface area contributed by atoms with Crippen LogP contribution in [0.5, 0.6) is 0 Å². The molecular weight excluding hydrogens is 282 g/mol. The average Bonchev–Trinajstić information content (AvgIpc) is 2.45. The number of nitrogens with zero attached hydrogens (tertiary/aromatic N) is 1. The van der Waals surface area contributed by atoms with Gasteiger partial charge in [0.1, 0.15) is 17.2 Å². The first-order valence-corrected chi connectivity index (χ1v) is 6.57. The number of carbonyl (C=O) groups is 2. The monoisotopic (exact) mass is 301 g/mol. The minimum atomic E-state index is -0.520. The molecule has 0 atom stereocenters. The van der Waals surface area contributed by atoms with Crippen LogP contribution >= 0.6 is 0 Å². The normalized spacial score (nSPS) is 11.8. The van der Waals surface area contributed by atoms with Gasteiger partial charge < -0.3 is 15.3 Å². The van der Waals surface area contributed by atoms with Crippen LogP contribution in [-0.4, -0.2) is 41.6 Å². The van der Waals surface area contributed by atoms with Crippen molar-refractivity contribution in [1.82, 2.24) is 10.2 Å². The number of Topliss-reactive ketones (excluding diaryl/α,β-unsaturated/α-hetero) is 1. The van der Waals surface area contributed by atoms with Gasteiger partial charge in [-0.2, -0.15) is 0 Å². The first-order chi connectivity index (χ1) is 10.3. The topological polar surface area (TPSA) is 93.5 Å². The fourth-order valence-corrected chi connectivity index (χ4v) is 1.63. The first-order valence-electron chi connectivity index (χ1n) is 6.57. The summed E-state index contributed by atoms with van der Waals surface area (Å²) in [7, 11) is 3.50. The minimum Gasteiger partial charge on any atom is -0.507 e. The average molecular weight is 301 g/mol. The van der Waals surface area contributed by atoms with Gasteiger partial charge in [-0.1, -0.05) is 18.2 Å². The predicted molar refractivity (Wildman–Crippen MR) is 84.8 cm³/mol. The third-order valence-electron chi connectivity index (χ3n) is 2.66. The zero-order valence-electron chi connectivity index (χ0n) is 12.8. The van der Waals surface area contributed by atoms with Crippen molar-refractivity contribution in [3.8, 4) is 0 Å². The molecule has 0 aromatic heterocycles. The second-order valence-electron chi connectivity index (χ2n) is 4.79. The number of carbonyl (C=O) groups excluding carboxylic acids is 2. The number of hydrogen-bond donors (Lipinski definition) is 3. The quantitative estimate of drug-likeness (QED) is 0.254. The molecule has 116 valence electrons. The highest BCUT2D eigenvalue weighted by molar-refractivity contribution is 6.24. The highest BCUT2D eigenvalue weighted by Gasteiger charge is 2.18. The summed E-state index contributed by atoms with van der Waals surface area (Å²) in [6, 6.07) is 8.33. The van der Waals surface area contributed by atoms with E-state index in [2.05, 4.69) is 5.32 Å². The van der Waals surface area contributed by atoms with Crippen LogP contribution in [0.25, 0.3) is 0 Å². The molecule has 6 nitrogen and oxygen atoms in total. The molecule has 0 unspecified atom stereocenters. The smallest absolute Gasteiger partial charge is 0.256 e. The van der Waals surface area contributed by atoms with Gasteiger partial charge in [-0.05, 0) is 25.1 Å². The molecular formula is C16H19N3O3. The summed E-state index contributed by atoms with van der Waals surface area (Å²) >= 11 is 0. The van der Waals surface area contributed by atoms with Crippen molar-refractivity contribution in [2.75, 3.05) is 14.1 Å². The number of amides is 1. The fourth-order valence-electron chi connectivity index (χ4n) is 1.63. The van der Waals surface area contributed by atoms with Gasteiger partial charge in [0.2, 0.25) is 0 Å². The van der Waals surface area contributed by atoms with E-state index in [0.29, 0.717) is 5.56 Å². The molecule has 0 aliphatic rings. The zero-order chi connectivity index (χ0) is 16.7. The molecule has 0 radical (unpaired) electrons. The molecule has 22 heavy (non-hydrogen) atoms. The highest BCUT2D eigenvalue weighted by atomic mass is 16.3. The third kappa shape index (κ3) is 4.90. The molecule has 0 saturated heterocycles. The molecule has 0 saturated carbocycles. The predicted octanol–water partition coefficient (Wildman–Crippen LogP) is 1.87. The lowest BCUT2D eigenvalue weighted by molar-refractivity contribution is -0.113. The Hall–Kier alpha value is -2.89. The maximum atomic E-state index is 12.0. The fraction of sp³-hybridized carbons (Fsp3) is 0.188. The van der Waals surface area contributed by atoms with Crippen LogP contribution in [0.2, 0.25) is 0 Å². The van der Waals surface area contributed by atoms with Crippen molar-refractivity contribution in [3.63, 3.8) is 0 Å². The molecule has 0 bridgehead atoms. The van der Waals surface area contributed by atoms with Crippen molar-refractivity contribution >= 4 is 17.5 Å². The van der Waals surface area contributed by atoms with Crippen LogP contribution < -0.4 is 5.32 Å². The summed E-state index contributed by atoms with van der Waals surface area (Å²) in [5, 5.41) is 20.1. The van der Waals surface area contributed by atoms with Gasteiger partial charge in [-0.25, -0.2) is 0 Å². The number of nitrogens with one attached hydrogen (secondary N) is 2. The Morgan fingerprint density at radius 2 is 1.82 bits per heavy atom. The Bertz CT molecular complexity index is 631. The SMILES string of the molecule is CC(=O)/C(C(=N)NC(=O)c1ccccc1)=C(/O)C=CN(C)C. The standard InChI is InChI=1S/C16H19N3O3/c1-11(20)14(13(21)9-10-19(2)3)15(17)18-16(22)12-7-5-4-6-8-12/h4-10,21H,1-3H3,(H2,17,18,22)/b10-9?,14-13-. The summed E-state index contributed by atoms with van der Waals surface area (Å²) < 4.78 is 0. The van der Waals surface area contributed by atoms with Crippen molar-refractivity contribution in [1.29, 1.82) is 5.41 Å². The lowest BCUT2D eigenvalue weighted by Crippen LogP contribution is -2.33. The maximum Gasteiger partial charge on any atom is 0.256 e. The van der Waals surface area contributed by atoms with E-state index in [0.717, 1.165) is 0 Å². The molecule has 1 amide bonds. The molecule has 1 aromatic rings. The van der Waals surface area contributed by atoms with Crippen LogP contribution in [0.15, 0.2) is 53.9 Å². The summed E-state index contributed by atoms with van der Waals surface area (Å²) in [4.78, 5) is 25.3. The molecule has 0 fully saturated rings. The summed E-state index contributed by atoms with van der Waals surface area (Å²) in [6.45, 7) is 1.22. The van der Waals surface area contributed by atoms with Crippen molar-refractivity contribution in [3.05, 3.63) is 59.5 Å². The molecule has 0 heterocycles. The molecule has 0 aliphatic carbocycles. The number of hydrogen-bond acceptors (Lipinski definition) is 5. The number of allylic oxidation sites excluding steroid dienone is 1. The van der Waals surface area contributed by atoms with Gasteiger partial charge in [0.25, 0.3) is 5.91 Å². The highest BCUT2D eigenvalue weighted by Crippen LogP contribution is 2.07. The Morgan fingerprint density at radius 3 is 2.32 bits per heavy atom. The Kier molecular flexibility index (Phi) is 6.07. The molecule has 0 spiro atoms. The summed E-state index contributed by atoms with van der Waals surface area (Å²) in [6.07, 6.45) is 2.82. The molecule has 1 rings (SSSR count). The van der Waals surface area contributed by atoms with Crippen LogP contribution in [0.1, 0.15) is 17.3 Å². The van der Waals surface area contributed by atoms with Crippen molar-refractivity contribution < 1.29 is 14.7 Å². The second-order valence-corrected chi connectivity index (χ2v) is 4.79. The van der Waals surface area contributed by atoms with Gasteiger partial charge in [0.15, 0.2) is 5.78 Å². The number of aliphatic hydroxyl groups excluding tert-OH is 1.